The highest BCUT2D eigenvalue weighted by atomic mass is 19.3. The van der Waals surface area contributed by atoms with E-state index in [4.69, 9.17) is 11.5 Å². The zero-order chi connectivity index (χ0) is 26.6. The van der Waals surface area contributed by atoms with Crippen LogP contribution in [-0.2, 0) is 5.41 Å². The van der Waals surface area contributed by atoms with Crippen LogP contribution in [0.4, 0.5) is 14.7 Å². The molecule has 1 aliphatic rings. The lowest BCUT2D eigenvalue weighted by atomic mass is 9.63. The monoisotopic (exact) mass is 509 g/mol. The molecule has 11 heteroatoms. The van der Waals surface area contributed by atoms with Crippen molar-refractivity contribution in [3.63, 3.8) is 0 Å². The predicted octanol–water partition coefficient (Wildman–Crippen LogP) is 3.37. The molecular formula is C26H29F2N7O2. The number of nitrogens with one attached hydrogen (secondary N) is 1. The zero-order valence-electron chi connectivity index (χ0n) is 20.4. The van der Waals surface area contributed by atoms with E-state index in [2.05, 4.69) is 25.3 Å². The molecule has 2 aromatic heterocycles. The van der Waals surface area contributed by atoms with E-state index in [0.717, 1.165) is 42.9 Å². The average Bonchev–Trinajstić information content (AvgIpc) is 2.83. The van der Waals surface area contributed by atoms with Gasteiger partial charge in [-0.1, -0.05) is 36.8 Å². The van der Waals surface area contributed by atoms with Gasteiger partial charge in [0.05, 0.1) is 5.41 Å². The number of nitrogen functional groups attached to an aromatic ring is 1. The molecule has 1 fully saturated rings. The van der Waals surface area contributed by atoms with Crippen LogP contribution in [0.2, 0.25) is 0 Å². The Morgan fingerprint density at radius 3 is 2.32 bits per heavy atom. The van der Waals surface area contributed by atoms with Crippen molar-refractivity contribution in [1.82, 2.24) is 20.3 Å². The smallest absolute Gasteiger partial charge is 0.269 e. The van der Waals surface area contributed by atoms with Crippen LogP contribution >= 0.6 is 0 Å². The number of nitrogens with zero attached hydrogens (tertiary/aromatic N) is 4. The topological polar surface area (TPSA) is 152 Å². The molecule has 0 saturated heterocycles. The number of aliphatic hydroxyl groups is 1. The lowest BCUT2D eigenvalue weighted by molar-refractivity contribution is 0.0137. The molecule has 37 heavy (non-hydrogen) atoms. The van der Waals surface area contributed by atoms with Crippen molar-refractivity contribution >= 4 is 17.7 Å². The summed E-state index contributed by atoms with van der Waals surface area (Å²) in [6.07, 6.45) is 5.48. The number of aromatic nitrogens is 3. The minimum atomic E-state index is -2.86. The maximum Gasteiger partial charge on any atom is 0.269 e. The number of aliphatic imine (C=N–C) groups is 1. The van der Waals surface area contributed by atoms with Crippen LogP contribution < -0.4 is 16.8 Å². The number of hydrogen-bond donors (Lipinski definition) is 4. The highest BCUT2D eigenvalue weighted by Gasteiger charge is 2.42. The average molecular weight is 510 g/mol. The van der Waals surface area contributed by atoms with Gasteiger partial charge < -0.3 is 21.9 Å². The number of rotatable bonds is 9. The summed E-state index contributed by atoms with van der Waals surface area (Å²) in [5.74, 6) is -2.91. The fourth-order valence-corrected chi connectivity index (χ4v) is 4.20. The SMILES string of the molecule is CC(F)(F)CCNC(=O)c1ccc(C(O)N=C(N)C2(c3ccc(-c4cnc(N)nc4)cc3)CCC2)cn1. The second-order valence-electron chi connectivity index (χ2n) is 9.28. The second kappa shape index (κ2) is 10.6. The normalized spacial score (nSPS) is 16.1. The van der Waals surface area contributed by atoms with Crippen molar-refractivity contribution in [3.8, 4) is 11.1 Å². The molecule has 1 aliphatic carbocycles. The standard InChI is InChI=1S/C26H29F2N7O2/c1-25(27,28)11-12-31-22(37)20-8-5-17(13-32-20)21(36)35-23(29)26(9-2-10-26)19-6-3-16(4-7-19)18-14-33-24(30)34-15-18/h3-8,13-15,21,36H,2,9-12H2,1H3,(H2,29,35)(H,31,37)(H2,30,33,34). The summed E-state index contributed by atoms with van der Waals surface area (Å²) in [6, 6.07) is 10.8. The highest BCUT2D eigenvalue weighted by Crippen LogP contribution is 2.44. The minimum absolute atomic E-state index is 0.0503. The Morgan fingerprint density at radius 1 is 1.11 bits per heavy atom. The van der Waals surface area contributed by atoms with E-state index >= 15 is 0 Å². The summed E-state index contributed by atoms with van der Waals surface area (Å²) in [6.45, 7) is 0.617. The fraction of sp³-hybridized carbons (Fsp3) is 0.346. The molecule has 1 saturated carbocycles. The van der Waals surface area contributed by atoms with Crippen molar-refractivity contribution < 1.29 is 18.7 Å². The lowest BCUT2D eigenvalue weighted by Crippen LogP contribution is -2.47. The van der Waals surface area contributed by atoms with Crippen LogP contribution in [0.5, 0.6) is 0 Å². The Morgan fingerprint density at radius 2 is 1.78 bits per heavy atom. The number of aliphatic hydroxyl groups excluding tert-OH is 1. The van der Waals surface area contributed by atoms with Gasteiger partial charge in [-0.05, 0) is 37.0 Å². The fourth-order valence-electron chi connectivity index (χ4n) is 4.20. The predicted molar refractivity (Wildman–Crippen MR) is 136 cm³/mol. The molecule has 4 rings (SSSR count). The van der Waals surface area contributed by atoms with Crippen LogP contribution in [0.1, 0.15) is 60.5 Å². The van der Waals surface area contributed by atoms with Gasteiger partial charge in [0, 0.05) is 42.7 Å². The summed E-state index contributed by atoms with van der Waals surface area (Å²) in [5, 5.41) is 13.1. The molecule has 9 nitrogen and oxygen atoms in total. The van der Waals surface area contributed by atoms with Gasteiger partial charge in [-0.15, -0.1) is 0 Å². The van der Waals surface area contributed by atoms with E-state index in [1.54, 1.807) is 12.4 Å². The number of nitrogens with two attached hydrogens (primary N) is 2. The molecular weight excluding hydrogens is 480 g/mol. The summed E-state index contributed by atoms with van der Waals surface area (Å²) in [4.78, 5) is 28.5. The van der Waals surface area contributed by atoms with Gasteiger partial charge >= 0.3 is 0 Å². The number of amides is 1. The van der Waals surface area contributed by atoms with Crippen molar-refractivity contribution in [2.24, 2.45) is 10.7 Å². The highest BCUT2D eigenvalue weighted by molar-refractivity contribution is 5.93. The van der Waals surface area contributed by atoms with E-state index in [9.17, 15) is 18.7 Å². The van der Waals surface area contributed by atoms with Gasteiger partial charge in [-0.25, -0.2) is 23.7 Å². The van der Waals surface area contributed by atoms with Crippen LogP contribution in [0.3, 0.4) is 0 Å². The summed E-state index contributed by atoms with van der Waals surface area (Å²) >= 11 is 0. The van der Waals surface area contributed by atoms with Crippen LogP contribution in [0.15, 0.2) is 60.0 Å². The van der Waals surface area contributed by atoms with E-state index in [0.29, 0.717) is 11.4 Å². The lowest BCUT2D eigenvalue weighted by Gasteiger charge is -2.42. The Balaban J connectivity index is 1.45. The quantitative estimate of drug-likeness (QED) is 0.255. The van der Waals surface area contributed by atoms with E-state index in [-0.39, 0.29) is 18.2 Å². The number of amidine groups is 1. The molecule has 1 atom stereocenters. The third-order valence-corrected chi connectivity index (χ3v) is 6.57. The van der Waals surface area contributed by atoms with Gasteiger partial charge in [0.1, 0.15) is 11.5 Å². The summed E-state index contributed by atoms with van der Waals surface area (Å²) in [7, 11) is 0. The van der Waals surface area contributed by atoms with Gasteiger partial charge in [-0.3, -0.25) is 9.78 Å². The Kier molecular flexibility index (Phi) is 7.44. The van der Waals surface area contributed by atoms with Gasteiger partial charge in [0.2, 0.25) is 11.9 Å². The van der Waals surface area contributed by atoms with Gasteiger partial charge in [0.15, 0.2) is 6.23 Å². The van der Waals surface area contributed by atoms with Crippen LogP contribution in [0, 0.1) is 0 Å². The number of hydrogen-bond acceptors (Lipinski definition) is 7. The number of carbonyl (C=O) groups excluding carboxylic acids is 1. The zero-order valence-corrected chi connectivity index (χ0v) is 20.4. The molecule has 1 aromatic carbocycles. The second-order valence-corrected chi connectivity index (χ2v) is 9.28. The number of halogens is 2. The number of carbonyl (C=O) groups is 1. The first kappa shape index (κ1) is 26.1. The molecule has 6 N–H and O–H groups in total. The first-order valence-electron chi connectivity index (χ1n) is 11.9. The molecule has 1 unspecified atom stereocenters. The largest absolute Gasteiger partial charge is 0.387 e. The first-order valence-corrected chi connectivity index (χ1v) is 11.9. The maximum absolute atomic E-state index is 12.9. The van der Waals surface area contributed by atoms with Crippen molar-refractivity contribution in [1.29, 1.82) is 0 Å². The number of anilines is 1. The number of benzene rings is 1. The molecule has 194 valence electrons. The molecule has 0 spiro atoms. The summed E-state index contributed by atoms with van der Waals surface area (Å²) < 4.78 is 25.8. The van der Waals surface area contributed by atoms with Gasteiger partial charge in [-0.2, -0.15) is 0 Å². The molecule has 1 amide bonds. The summed E-state index contributed by atoms with van der Waals surface area (Å²) in [5.41, 5.74) is 14.7. The number of pyridine rings is 1. The Bertz CT molecular complexity index is 1250. The van der Waals surface area contributed by atoms with Crippen LogP contribution in [0.25, 0.3) is 11.1 Å². The van der Waals surface area contributed by atoms with E-state index in [1.165, 1.54) is 18.3 Å². The molecule has 0 bridgehead atoms. The molecule has 3 aromatic rings. The maximum atomic E-state index is 12.9. The minimum Gasteiger partial charge on any atom is -0.387 e. The molecule has 0 radical (unpaired) electrons. The molecule has 0 aliphatic heterocycles. The van der Waals surface area contributed by atoms with Crippen LogP contribution in [-0.4, -0.2) is 44.3 Å². The van der Waals surface area contributed by atoms with Crippen molar-refractivity contribution in [2.75, 3.05) is 12.3 Å². The molecule has 2 heterocycles. The van der Waals surface area contributed by atoms with E-state index < -0.39 is 29.9 Å². The Hall–Kier alpha value is -3.99. The third-order valence-electron chi connectivity index (χ3n) is 6.57. The van der Waals surface area contributed by atoms with Crippen molar-refractivity contribution in [3.05, 3.63) is 71.8 Å². The Labute approximate surface area is 213 Å². The third kappa shape index (κ3) is 6.05. The first-order chi connectivity index (χ1) is 17.6. The van der Waals surface area contributed by atoms with Gasteiger partial charge in [0.25, 0.3) is 5.91 Å². The van der Waals surface area contributed by atoms with E-state index in [1.807, 2.05) is 24.3 Å². The number of alkyl halides is 2. The van der Waals surface area contributed by atoms with Crippen molar-refractivity contribution in [2.45, 2.75) is 50.2 Å².